The lowest BCUT2D eigenvalue weighted by Crippen LogP contribution is -2.51. The molecule has 1 aromatic heterocycles. The first-order valence-corrected chi connectivity index (χ1v) is 9.75. The lowest BCUT2D eigenvalue weighted by molar-refractivity contribution is -0.131. The molecule has 1 aromatic carbocycles. The number of nitrogens with one attached hydrogen (secondary N) is 1. The van der Waals surface area contributed by atoms with E-state index < -0.39 is 0 Å². The normalized spacial score (nSPS) is 18.3. The summed E-state index contributed by atoms with van der Waals surface area (Å²) in [4.78, 5) is 19.3. The summed E-state index contributed by atoms with van der Waals surface area (Å²) in [5, 5.41) is 3.67. The van der Waals surface area contributed by atoms with E-state index in [0.29, 0.717) is 13.1 Å². The third-order valence-corrected chi connectivity index (χ3v) is 5.97. The lowest BCUT2D eigenvalue weighted by Gasteiger charge is -2.40. The van der Waals surface area contributed by atoms with Crippen LogP contribution in [0.2, 0.25) is 0 Å². The molecule has 1 N–H and O–H groups in total. The molecule has 1 spiro atoms. The van der Waals surface area contributed by atoms with E-state index in [1.807, 2.05) is 30.1 Å². The molecule has 27 heavy (non-hydrogen) atoms. The second-order valence-electron chi connectivity index (χ2n) is 7.72. The highest BCUT2D eigenvalue weighted by Gasteiger charge is 2.40. The summed E-state index contributed by atoms with van der Waals surface area (Å²) in [6, 6.07) is 8.21. The van der Waals surface area contributed by atoms with Crippen LogP contribution in [0.3, 0.4) is 0 Å². The van der Waals surface area contributed by atoms with Gasteiger partial charge in [0.05, 0.1) is 17.6 Å². The highest BCUT2D eigenvalue weighted by atomic mass is 16.5. The lowest BCUT2D eigenvalue weighted by atomic mass is 9.82. The van der Waals surface area contributed by atoms with Crippen LogP contribution in [0, 0.1) is 6.92 Å². The smallest absolute Gasteiger partial charge is 0.242 e. The average molecular weight is 368 g/mol. The van der Waals surface area contributed by atoms with Gasteiger partial charge in [-0.15, -0.1) is 0 Å². The van der Waals surface area contributed by atoms with Gasteiger partial charge in [0.1, 0.15) is 6.54 Å². The number of imidazole rings is 1. The zero-order chi connectivity index (χ0) is 18.9. The van der Waals surface area contributed by atoms with Crippen LogP contribution >= 0.6 is 0 Å². The molecule has 144 valence electrons. The molecule has 0 atom stereocenters. The summed E-state index contributed by atoms with van der Waals surface area (Å²) < 4.78 is 7.59. The minimum absolute atomic E-state index is 0.0762. The number of fused-ring (bicyclic) bond motifs is 2. The van der Waals surface area contributed by atoms with Crippen molar-refractivity contribution in [3.05, 3.63) is 53.1 Å². The summed E-state index contributed by atoms with van der Waals surface area (Å²) in [6.07, 6.45) is 4.64. The molecule has 1 saturated heterocycles. The molecule has 2 aromatic rings. The Morgan fingerprint density at radius 3 is 2.89 bits per heavy atom. The second kappa shape index (κ2) is 7.44. The topological polar surface area (TPSA) is 59.4 Å². The van der Waals surface area contributed by atoms with Crippen molar-refractivity contribution in [2.24, 2.45) is 0 Å². The Morgan fingerprint density at radius 2 is 2.11 bits per heavy atom. The first-order chi connectivity index (χ1) is 13.1. The number of hydrogen-bond acceptors (Lipinski definition) is 4. The standard InChI is InChI=1S/C21H28N4O2/c1-16-5-3-4-6-17(16)13-24(2)19(26)14-25-15-22-20-18(25)7-10-23-21(20)8-11-27-12-9-21/h3-6,15,23H,7-14H2,1-2H3. The van der Waals surface area contributed by atoms with E-state index >= 15 is 0 Å². The van der Waals surface area contributed by atoms with E-state index in [1.54, 1.807) is 4.90 Å². The molecule has 0 bridgehead atoms. The van der Waals surface area contributed by atoms with Gasteiger partial charge < -0.3 is 19.5 Å². The predicted molar refractivity (Wildman–Crippen MR) is 103 cm³/mol. The van der Waals surface area contributed by atoms with Gasteiger partial charge in [0.2, 0.25) is 5.91 Å². The van der Waals surface area contributed by atoms with E-state index in [2.05, 4.69) is 24.4 Å². The molecular formula is C21H28N4O2. The van der Waals surface area contributed by atoms with Gasteiger partial charge in [-0.25, -0.2) is 4.98 Å². The van der Waals surface area contributed by atoms with Gasteiger partial charge in [0, 0.05) is 45.5 Å². The molecule has 1 amide bonds. The molecule has 2 aliphatic heterocycles. The van der Waals surface area contributed by atoms with Crippen LogP contribution in [0.25, 0.3) is 0 Å². The SMILES string of the molecule is Cc1ccccc1CN(C)C(=O)Cn1cnc2c1CCNC21CCOCC1. The molecule has 0 unspecified atom stereocenters. The summed E-state index contributed by atoms with van der Waals surface area (Å²) >= 11 is 0. The van der Waals surface area contributed by atoms with E-state index in [-0.39, 0.29) is 11.4 Å². The van der Waals surface area contributed by atoms with Gasteiger partial charge in [-0.3, -0.25) is 4.79 Å². The maximum absolute atomic E-state index is 12.8. The Kier molecular flexibility index (Phi) is 5.02. The molecule has 6 nitrogen and oxygen atoms in total. The largest absolute Gasteiger partial charge is 0.381 e. The van der Waals surface area contributed by atoms with E-state index in [9.17, 15) is 4.79 Å². The minimum atomic E-state index is -0.0762. The van der Waals surface area contributed by atoms with Gasteiger partial charge in [-0.2, -0.15) is 0 Å². The van der Waals surface area contributed by atoms with Crippen LogP contribution in [0.4, 0.5) is 0 Å². The second-order valence-corrected chi connectivity index (χ2v) is 7.72. The number of carbonyl (C=O) groups is 1. The fourth-order valence-corrected chi connectivity index (χ4v) is 4.24. The summed E-state index contributed by atoms with van der Waals surface area (Å²) in [7, 11) is 1.87. The number of ether oxygens (including phenoxy) is 1. The predicted octanol–water partition coefficient (Wildman–Crippen LogP) is 2.00. The monoisotopic (exact) mass is 368 g/mol. The number of amides is 1. The van der Waals surface area contributed by atoms with Crippen molar-refractivity contribution in [1.29, 1.82) is 0 Å². The Bertz CT molecular complexity index is 823. The Labute approximate surface area is 160 Å². The molecule has 1 fully saturated rings. The fraction of sp³-hybridized carbons (Fsp3) is 0.524. The van der Waals surface area contributed by atoms with Crippen molar-refractivity contribution in [1.82, 2.24) is 19.8 Å². The van der Waals surface area contributed by atoms with Crippen LogP contribution in [-0.2, 0) is 34.6 Å². The molecule has 4 rings (SSSR count). The van der Waals surface area contributed by atoms with Crippen molar-refractivity contribution in [2.75, 3.05) is 26.8 Å². The molecule has 0 saturated carbocycles. The number of carbonyl (C=O) groups excluding carboxylic acids is 1. The first kappa shape index (κ1) is 18.2. The van der Waals surface area contributed by atoms with E-state index in [4.69, 9.17) is 9.72 Å². The van der Waals surface area contributed by atoms with Crippen molar-refractivity contribution in [2.45, 2.75) is 44.8 Å². The maximum atomic E-state index is 12.8. The number of hydrogen-bond donors (Lipinski definition) is 1. The molecule has 3 heterocycles. The number of likely N-dealkylation sites (N-methyl/N-ethyl adjacent to an activating group) is 1. The van der Waals surface area contributed by atoms with Crippen molar-refractivity contribution in [3.8, 4) is 0 Å². The van der Waals surface area contributed by atoms with Crippen molar-refractivity contribution in [3.63, 3.8) is 0 Å². The minimum Gasteiger partial charge on any atom is -0.381 e. The van der Waals surface area contributed by atoms with Gasteiger partial charge in [0.25, 0.3) is 0 Å². The number of rotatable bonds is 4. The quantitative estimate of drug-likeness (QED) is 0.897. The van der Waals surface area contributed by atoms with Gasteiger partial charge in [-0.05, 0) is 30.9 Å². The Morgan fingerprint density at radius 1 is 1.33 bits per heavy atom. The van der Waals surface area contributed by atoms with Gasteiger partial charge in [0.15, 0.2) is 0 Å². The summed E-state index contributed by atoms with van der Waals surface area (Å²) in [6.45, 7) is 5.50. The van der Waals surface area contributed by atoms with Crippen LogP contribution in [0.5, 0.6) is 0 Å². The van der Waals surface area contributed by atoms with Gasteiger partial charge in [-0.1, -0.05) is 24.3 Å². The maximum Gasteiger partial charge on any atom is 0.242 e. The van der Waals surface area contributed by atoms with Crippen LogP contribution in [0.15, 0.2) is 30.6 Å². The number of aryl methyl sites for hydroxylation is 1. The summed E-state index contributed by atoms with van der Waals surface area (Å²) in [5.41, 5.74) is 4.64. The number of nitrogens with zero attached hydrogens (tertiary/aromatic N) is 3. The van der Waals surface area contributed by atoms with Crippen LogP contribution in [0.1, 0.15) is 35.4 Å². The van der Waals surface area contributed by atoms with Crippen molar-refractivity contribution >= 4 is 5.91 Å². The van der Waals surface area contributed by atoms with Crippen LogP contribution < -0.4 is 5.32 Å². The zero-order valence-corrected chi connectivity index (χ0v) is 16.2. The number of aromatic nitrogens is 2. The van der Waals surface area contributed by atoms with Crippen molar-refractivity contribution < 1.29 is 9.53 Å². The zero-order valence-electron chi connectivity index (χ0n) is 16.2. The number of benzene rings is 1. The molecular weight excluding hydrogens is 340 g/mol. The molecule has 0 radical (unpaired) electrons. The first-order valence-electron chi connectivity index (χ1n) is 9.75. The van der Waals surface area contributed by atoms with Crippen LogP contribution in [-0.4, -0.2) is 47.2 Å². The molecule has 0 aliphatic carbocycles. The van der Waals surface area contributed by atoms with E-state index in [0.717, 1.165) is 44.7 Å². The fourth-order valence-electron chi connectivity index (χ4n) is 4.24. The molecule has 6 heteroatoms. The van der Waals surface area contributed by atoms with E-state index in [1.165, 1.54) is 16.8 Å². The third-order valence-electron chi connectivity index (χ3n) is 5.97. The highest BCUT2D eigenvalue weighted by molar-refractivity contribution is 5.75. The average Bonchev–Trinajstić information content (AvgIpc) is 3.09. The Hall–Kier alpha value is -2.18. The molecule has 2 aliphatic rings. The third kappa shape index (κ3) is 3.51. The summed E-state index contributed by atoms with van der Waals surface area (Å²) in [5.74, 6) is 0.109. The van der Waals surface area contributed by atoms with Gasteiger partial charge >= 0.3 is 0 Å². The highest BCUT2D eigenvalue weighted by Crippen LogP contribution is 2.35. The Balaban J connectivity index is 1.49.